The number of hydrogen-bond donors (Lipinski definition) is 1. The topological polar surface area (TPSA) is 16.6 Å². The molecule has 2 aliphatic rings. The third-order valence-electron chi connectivity index (χ3n) is 5.43. The molecule has 1 saturated carbocycles. The fraction of sp³-hybridized carbons (Fsp3) is 0.667. The number of benzene rings is 1. The molecule has 1 fully saturated rings. The van der Waals surface area contributed by atoms with Crippen LogP contribution in [0, 0.1) is 0 Å². The van der Waals surface area contributed by atoms with Gasteiger partial charge in [-0.3, -0.25) is 0 Å². The van der Waals surface area contributed by atoms with Gasteiger partial charge in [-0.15, -0.1) is 0 Å². The summed E-state index contributed by atoms with van der Waals surface area (Å²) in [5, 5.41) is 2.71. The summed E-state index contributed by atoms with van der Waals surface area (Å²) >= 11 is 0. The van der Waals surface area contributed by atoms with Gasteiger partial charge in [0.25, 0.3) is 0 Å². The first-order chi connectivity index (χ1) is 9.03. The Morgan fingerprint density at radius 1 is 1.05 bits per heavy atom. The Morgan fingerprint density at radius 3 is 2.47 bits per heavy atom. The van der Waals surface area contributed by atoms with E-state index >= 15 is 0 Å². The molecule has 2 N–H and O–H groups in total. The molecule has 104 valence electrons. The van der Waals surface area contributed by atoms with Gasteiger partial charge in [-0.1, -0.05) is 44.5 Å². The summed E-state index contributed by atoms with van der Waals surface area (Å²) in [5.41, 5.74) is 3.96. The highest BCUT2D eigenvalue weighted by atomic mass is 15.0. The van der Waals surface area contributed by atoms with E-state index in [-0.39, 0.29) is 0 Å². The van der Waals surface area contributed by atoms with Crippen LogP contribution >= 0.6 is 0 Å². The van der Waals surface area contributed by atoms with E-state index in [0.717, 1.165) is 0 Å². The van der Waals surface area contributed by atoms with E-state index in [1.54, 1.807) is 11.1 Å². The maximum absolute atomic E-state index is 2.71. The van der Waals surface area contributed by atoms with E-state index in [1.165, 1.54) is 38.5 Å². The molecule has 0 radical (unpaired) electrons. The standard InChI is InChI=1S/C18H27N/c1-14-15-9-5-6-10-16(15)17(2,3)13-18(19-14)11-7-4-8-12-18/h5-6,9-10,14,19H,4,7-8,11-13H2,1-3H3/p+1/t14-/m0/s1. The van der Waals surface area contributed by atoms with Gasteiger partial charge < -0.3 is 5.32 Å². The average molecular weight is 258 g/mol. The van der Waals surface area contributed by atoms with Crippen molar-refractivity contribution < 1.29 is 5.32 Å². The Labute approximate surface area is 117 Å². The first kappa shape index (κ1) is 13.2. The van der Waals surface area contributed by atoms with Crippen molar-refractivity contribution in [3.8, 4) is 0 Å². The Bertz CT molecular complexity index is 455. The maximum atomic E-state index is 2.71. The lowest BCUT2D eigenvalue weighted by atomic mass is 9.69. The smallest absolute Gasteiger partial charge is 0.109 e. The normalized spacial score (nSPS) is 28.7. The van der Waals surface area contributed by atoms with E-state index < -0.39 is 0 Å². The number of nitrogens with two attached hydrogens (primary N) is 1. The van der Waals surface area contributed by atoms with Crippen LogP contribution in [0.5, 0.6) is 0 Å². The van der Waals surface area contributed by atoms with Crippen LogP contribution < -0.4 is 5.32 Å². The van der Waals surface area contributed by atoms with Gasteiger partial charge in [-0.25, -0.2) is 0 Å². The van der Waals surface area contributed by atoms with Crippen molar-refractivity contribution in [2.45, 2.75) is 76.3 Å². The van der Waals surface area contributed by atoms with Crippen LogP contribution in [0.25, 0.3) is 0 Å². The Morgan fingerprint density at radius 2 is 1.74 bits per heavy atom. The quantitative estimate of drug-likeness (QED) is 0.731. The molecule has 19 heavy (non-hydrogen) atoms. The summed E-state index contributed by atoms with van der Waals surface area (Å²) in [5.74, 6) is 0. The van der Waals surface area contributed by atoms with Crippen LogP contribution in [0.1, 0.15) is 76.5 Å². The molecule has 1 aliphatic carbocycles. The molecule has 1 atom stereocenters. The van der Waals surface area contributed by atoms with E-state index in [0.29, 0.717) is 17.0 Å². The molecule has 0 saturated heterocycles. The SMILES string of the molecule is C[C@@H]1[NH2+]C2(CCCCC2)CC(C)(C)c2ccccc21. The fourth-order valence-corrected chi connectivity index (χ4v) is 4.76. The molecule has 1 spiro atoms. The third kappa shape index (κ3) is 2.33. The monoisotopic (exact) mass is 258 g/mol. The van der Waals surface area contributed by atoms with E-state index in [9.17, 15) is 0 Å². The zero-order valence-electron chi connectivity index (χ0n) is 12.7. The summed E-state index contributed by atoms with van der Waals surface area (Å²) in [6, 6.07) is 9.74. The van der Waals surface area contributed by atoms with Gasteiger partial charge in [0.1, 0.15) is 6.04 Å². The molecule has 0 amide bonds. The molecule has 0 bridgehead atoms. The molecule has 3 rings (SSSR count). The first-order valence-electron chi connectivity index (χ1n) is 7.98. The predicted molar refractivity (Wildman–Crippen MR) is 80.2 cm³/mol. The highest BCUT2D eigenvalue weighted by Crippen LogP contribution is 2.42. The van der Waals surface area contributed by atoms with Crippen molar-refractivity contribution >= 4 is 0 Å². The van der Waals surface area contributed by atoms with Crippen LogP contribution in [0.3, 0.4) is 0 Å². The van der Waals surface area contributed by atoms with Crippen molar-refractivity contribution in [1.82, 2.24) is 0 Å². The molecular formula is C18H28N+. The first-order valence-corrected chi connectivity index (χ1v) is 7.98. The Balaban J connectivity index is 2.03. The van der Waals surface area contributed by atoms with Gasteiger partial charge in [-0.2, -0.15) is 0 Å². The van der Waals surface area contributed by atoms with Gasteiger partial charge in [-0.05, 0) is 30.7 Å². The van der Waals surface area contributed by atoms with Gasteiger partial charge >= 0.3 is 0 Å². The highest BCUT2D eigenvalue weighted by Gasteiger charge is 2.45. The lowest BCUT2D eigenvalue weighted by molar-refractivity contribution is -0.763. The van der Waals surface area contributed by atoms with Crippen molar-refractivity contribution in [3.05, 3.63) is 35.4 Å². The number of quaternary nitrogens is 1. The van der Waals surface area contributed by atoms with Crippen molar-refractivity contribution in [1.29, 1.82) is 0 Å². The molecule has 1 aromatic rings. The van der Waals surface area contributed by atoms with Gasteiger partial charge in [0.15, 0.2) is 0 Å². The molecule has 1 aliphatic heterocycles. The molecular weight excluding hydrogens is 230 g/mol. The molecule has 1 heterocycles. The maximum Gasteiger partial charge on any atom is 0.109 e. The number of fused-ring (bicyclic) bond motifs is 1. The lowest BCUT2D eigenvalue weighted by Crippen LogP contribution is -2.97. The van der Waals surface area contributed by atoms with Crippen molar-refractivity contribution in [2.75, 3.05) is 0 Å². The predicted octanol–water partition coefficient (Wildman–Crippen LogP) is 3.70. The van der Waals surface area contributed by atoms with E-state index in [4.69, 9.17) is 0 Å². The van der Waals surface area contributed by atoms with Crippen molar-refractivity contribution in [2.24, 2.45) is 0 Å². The molecule has 0 unspecified atom stereocenters. The highest BCUT2D eigenvalue weighted by molar-refractivity contribution is 5.36. The molecule has 0 aromatic heterocycles. The van der Waals surface area contributed by atoms with Gasteiger partial charge in [0.05, 0.1) is 5.54 Å². The number of hydrogen-bond acceptors (Lipinski definition) is 0. The fourth-order valence-electron chi connectivity index (χ4n) is 4.76. The zero-order chi connectivity index (χ0) is 13.5. The van der Waals surface area contributed by atoms with Gasteiger partial charge in [0.2, 0.25) is 0 Å². The summed E-state index contributed by atoms with van der Waals surface area (Å²) < 4.78 is 0. The summed E-state index contributed by atoms with van der Waals surface area (Å²) in [7, 11) is 0. The van der Waals surface area contributed by atoms with Crippen LogP contribution in [0.2, 0.25) is 0 Å². The average Bonchev–Trinajstić information content (AvgIpc) is 2.45. The van der Waals surface area contributed by atoms with E-state index in [1.807, 2.05) is 0 Å². The summed E-state index contributed by atoms with van der Waals surface area (Å²) in [6.07, 6.45) is 8.45. The minimum atomic E-state index is 0.315. The largest absolute Gasteiger partial charge is 0.335 e. The lowest BCUT2D eigenvalue weighted by Gasteiger charge is -2.39. The van der Waals surface area contributed by atoms with E-state index in [2.05, 4.69) is 50.4 Å². The van der Waals surface area contributed by atoms with Crippen LogP contribution in [-0.2, 0) is 5.41 Å². The minimum absolute atomic E-state index is 0.315. The van der Waals surface area contributed by atoms with Crippen LogP contribution in [-0.4, -0.2) is 5.54 Å². The van der Waals surface area contributed by atoms with Gasteiger partial charge in [0, 0.05) is 24.8 Å². The second-order valence-electron chi connectivity index (χ2n) is 7.53. The summed E-state index contributed by atoms with van der Waals surface area (Å²) in [6.45, 7) is 7.30. The van der Waals surface area contributed by atoms with Crippen LogP contribution in [0.4, 0.5) is 0 Å². The Hall–Kier alpha value is -0.820. The molecule has 1 heteroatoms. The second kappa shape index (κ2) is 4.63. The molecule has 1 aromatic carbocycles. The van der Waals surface area contributed by atoms with Crippen molar-refractivity contribution in [3.63, 3.8) is 0 Å². The summed E-state index contributed by atoms with van der Waals surface area (Å²) in [4.78, 5) is 0. The zero-order valence-corrected chi connectivity index (χ0v) is 12.7. The van der Waals surface area contributed by atoms with Crippen LogP contribution in [0.15, 0.2) is 24.3 Å². The Kier molecular flexibility index (Phi) is 3.21. The minimum Gasteiger partial charge on any atom is -0.335 e. The third-order valence-corrected chi connectivity index (χ3v) is 5.43. The molecule has 1 nitrogen and oxygen atoms in total. The second-order valence-corrected chi connectivity index (χ2v) is 7.53. The number of rotatable bonds is 0.